The van der Waals surface area contributed by atoms with Gasteiger partial charge >= 0.3 is 5.97 Å². The van der Waals surface area contributed by atoms with Crippen LogP contribution in [0, 0.1) is 6.92 Å². The Morgan fingerprint density at radius 2 is 1.76 bits per heavy atom. The fraction of sp³-hybridized carbons (Fsp3) is 0.200. The van der Waals surface area contributed by atoms with E-state index in [4.69, 9.17) is 14.2 Å². The Kier molecular flexibility index (Phi) is 4.57. The van der Waals surface area contributed by atoms with Gasteiger partial charge in [-0.15, -0.1) is 0 Å². The molecule has 5 heteroatoms. The molecule has 0 amide bonds. The largest absolute Gasteiger partial charge is 0.497 e. The van der Waals surface area contributed by atoms with Crippen molar-refractivity contribution >= 4 is 16.9 Å². The highest BCUT2D eigenvalue weighted by atomic mass is 16.5. The zero-order valence-corrected chi connectivity index (χ0v) is 14.6. The van der Waals surface area contributed by atoms with E-state index in [1.54, 1.807) is 20.4 Å². The monoisotopic (exact) mass is 337 g/mol. The smallest absolute Gasteiger partial charge is 0.338 e. The van der Waals surface area contributed by atoms with Gasteiger partial charge in [0.25, 0.3) is 0 Å². The van der Waals surface area contributed by atoms with Crippen molar-refractivity contribution in [1.82, 2.24) is 4.98 Å². The Balaban J connectivity index is 2.31. The third-order valence-electron chi connectivity index (χ3n) is 4.26. The highest BCUT2D eigenvalue weighted by molar-refractivity contribution is 6.04. The van der Waals surface area contributed by atoms with Crippen molar-refractivity contribution in [2.45, 2.75) is 6.92 Å². The molecule has 0 fully saturated rings. The molecule has 2 aromatic carbocycles. The van der Waals surface area contributed by atoms with Crippen LogP contribution < -0.4 is 9.47 Å². The lowest BCUT2D eigenvalue weighted by Crippen LogP contribution is -2.07. The average molecular weight is 337 g/mol. The molecule has 1 aromatic heterocycles. The molecule has 128 valence electrons. The first-order valence-corrected chi connectivity index (χ1v) is 7.79. The van der Waals surface area contributed by atoms with E-state index in [1.165, 1.54) is 7.11 Å². The number of ether oxygens (including phenoxy) is 3. The van der Waals surface area contributed by atoms with Crippen LogP contribution in [0.3, 0.4) is 0 Å². The van der Waals surface area contributed by atoms with E-state index >= 15 is 0 Å². The first-order valence-electron chi connectivity index (χ1n) is 7.79. The molecular formula is C20H19NO4. The van der Waals surface area contributed by atoms with Gasteiger partial charge in [-0.25, -0.2) is 4.79 Å². The zero-order valence-electron chi connectivity index (χ0n) is 14.6. The number of rotatable bonds is 4. The second-order valence-electron chi connectivity index (χ2n) is 5.55. The molecule has 0 saturated carbocycles. The number of aromatic nitrogens is 1. The number of nitrogens with zero attached hydrogens (tertiary/aromatic N) is 1. The molecule has 0 saturated heterocycles. The number of fused-ring (bicyclic) bond motifs is 1. The van der Waals surface area contributed by atoms with Crippen molar-refractivity contribution in [3.8, 4) is 22.6 Å². The fourth-order valence-electron chi connectivity index (χ4n) is 2.99. The first kappa shape index (κ1) is 16.8. The Hall–Kier alpha value is -3.08. The number of esters is 1. The summed E-state index contributed by atoms with van der Waals surface area (Å²) in [4.78, 5) is 16.8. The standard InChI is InChI=1S/C20H19NO4/c1-12-18(24-3)8-7-16(19(12)20(22)25-4)14-9-10-21-17-11-13(23-2)5-6-15(14)17/h5-11H,1-4H3. The van der Waals surface area contributed by atoms with Gasteiger partial charge < -0.3 is 14.2 Å². The van der Waals surface area contributed by atoms with Crippen molar-refractivity contribution in [3.05, 3.63) is 53.7 Å². The lowest BCUT2D eigenvalue weighted by molar-refractivity contribution is 0.0600. The van der Waals surface area contributed by atoms with E-state index in [-0.39, 0.29) is 0 Å². The van der Waals surface area contributed by atoms with E-state index in [1.807, 2.05) is 43.3 Å². The van der Waals surface area contributed by atoms with E-state index in [9.17, 15) is 4.79 Å². The average Bonchev–Trinajstić information content (AvgIpc) is 2.66. The molecule has 0 aliphatic carbocycles. The molecule has 0 N–H and O–H groups in total. The molecule has 1 heterocycles. The van der Waals surface area contributed by atoms with Gasteiger partial charge in [0.2, 0.25) is 0 Å². The number of benzene rings is 2. The molecule has 0 bridgehead atoms. The molecule has 0 unspecified atom stereocenters. The predicted molar refractivity (Wildman–Crippen MR) is 96.4 cm³/mol. The van der Waals surface area contributed by atoms with Crippen molar-refractivity contribution in [1.29, 1.82) is 0 Å². The lowest BCUT2D eigenvalue weighted by atomic mass is 9.93. The Morgan fingerprint density at radius 3 is 2.44 bits per heavy atom. The van der Waals surface area contributed by atoms with Crippen LogP contribution in [0.5, 0.6) is 11.5 Å². The Labute approximate surface area is 146 Å². The number of hydrogen-bond acceptors (Lipinski definition) is 5. The SMILES string of the molecule is COC(=O)c1c(-c2ccnc3cc(OC)ccc23)ccc(OC)c1C. The molecule has 0 aliphatic rings. The molecule has 3 rings (SSSR count). The molecular weight excluding hydrogens is 318 g/mol. The van der Waals surface area contributed by atoms with Gasteiger partial charge in [0, 0.05) is 23.2 Å². The Morgan fingerprint density at radius 1 is 0.960 bits per heavy atom. The lowest BCUT2D eigenvalue weighted by Gasteiger charge is -2.15. The molecule has 0 aliphatic heterocycles. The van der Waals surface area contributed by atoms with E-state index < -0.39 is 5.97 Å². The van der Waals surface area contributed by atoms with Crippen LogP contribution in [0.15, 0.2) is 42.6 Å². The van der Waals surface area contributed by atoms with E-state index in [0.717, 1.165) is 33.3 Å². The van der Waals surface area contributed by atoms with Gasteiger partial charge in [0.05, 0.1) is 32.4 Å². The molecule has 0 atom stereocenters. The second kappa shape index (κ2) is 6.81. The predicted octanol–water partition coefficient (Wildman–Crippen LogP) is 4.01. The van der Waals surface area contributed by atoms with Gasteiger partial charge in [0.15, 0.2) is 0 Å². The van der Waals surface area contributed by atoms with Crippen molar-refractivity contribution in [3.63, 3.8) is 0 Å². The number of methoxy groups -OCH3 is 3. The number of pyridine rings is 1. The van der Waals surface area contributed by atoms with Gasteiger partial charge in [-0.2, -0.15) is 0 Å². The summed E-state index contributed by atoms with van der Waals surface area (Å²) < 4.78 is 15.6. The maximum atomic E-state index is 12.4. The molecule has 3 aromatic rings. The fourth-order valence-corrected chi connectivity index (χ4v) is 2.99. The summed E-state index contributed by atoms with van der Waals surface area (Å²) in [6.07, 6.45) is 1.72. The van der Waals surface area contributed by atoms with Crippen LogP contribution in [-0.4, -0.2) is 32.3 Å². The maximum absolute atomic E-state index is 12.4. The summed E-state index contributed by atoms with van der Waals surface area (Å²) in [5.41, 5.74) is 3.71. The van der Waals surface area contributed by atoms with Crippen molar-refractivity contribution in [2.24, 2.45) is 0 Å². The summed E-state index contributed by atoms with van der Waals surface area (Å²) in [5, 5.41) is 0.929. The van der Waals surface area contributed by atoms with E-state index in [0.29, 0.717) is 11.3 Å². The minimum absolute atomic E-state index is 0.398. The minimum Gasteiger partial charge on any atom is -0.497 e. The summed E-state index contributed by atoms with van der Waals surface area (Å²) >= 11 is 0. The summed E-state index contributed by atoms with van der Waals surface area (Å²) in [7, 11) is 4.57. The quantitative estimate of drug-likeness (QED) is 0.673. The topological polar surface area (TPSA) is 57.7 Å². The van der Waals surface area contributed by atoms with Gasteiger partial charge in [0.1, 0.15) is 11.5 Å². The highest BCUT2D eigenvalue weighted by Crippen LogP contribution is 2.36. The number of hydrogen-bond donors (Lipinski definition) is 0. The van der Waals surface area contributed by atoms with Gasteiger partial charge in [-0.05, 0) is 48.4 Å². The van der Waals surface area contributed by atoms with Crippen LogP contribution in [0.25, 0.3) is 22.0 Å². The van der Waals surface area contributed by atoms with Crippen LogP contribution in [0.2, 0.25) is 0 Å². The molecule has 0 spiro atoms. The van der Waals surface area contributed by atoms with Gasteiger partial charge in [-0.1, -0.05) is 0 Å². The molecule has 25 heavy (non-hydrogen) atoms. The summed E-state index contributed by atoms with van der Waals surface area (Å²) in [6.45, 7) is 1.85. The summed E-state index contributed by atoms with van der Waals surface area (Å²) in [5.74, 6) is 0.977. The Bertz CT molecular complexity index is 950. The van der Waals surface area contributed by atoms with Crippen LogP contribution in [0.1, 0.15) is 15.9 Å². The van der Waals surface area contributed by atoms with E-state index in [2.05, 4.69) is 4.98 Å². The third-order valence-corrected chi connectivity index (χ3v) is 4.26. The number of carbonyl (C=O) groups is 1. The van der Waals surface area contributed by atoms with Gasteiger partial charge in [-0.3, -0.25) is 4.98 Å². The van der Waals surface area contributed by atoms with Crippen LogP contribution in [0.4, 0.5) is 0 Å². The molecule has 5 nitrogen and oxygen atoms in total. The molecule has 0 radical (unpaired) electrons. The second-order valence-corrected chi connectivity index (χ2v) is 5.55. The third kappa shape index (κ3) is 2.89. The first-order chi connectivity index (χ1) is 12.1. The minimum atomic E-state index is -0.398. The van der Waals surface area contributed by atoms with Crippen molar-refractivity contribution in [2.75, 3.05) is 21.3 Å². The zero-order chi connectivity index (χ0) is 18.0. The van der Waals surface area contributed by atoms with Crippen LogP contribution in [-0.2, 0) is 4.74 Å². The summed E-state index contributed by atoms with van der Waals surface area (Å²) in [6, 6.07) is 11.3. The maximum Gasteiger partial charge on any atom is 0.338 e. The normalized spacial score (nSPS) is 10.6. The van der Waals surface area contributed by atoms with Crippen molar-refractivity contribution < 1.29 is 19.0 Å². The number of carbonyl (C=O) groups excluding carboxylic acids is 1. The van der Waals surface area contributed by atoms with Crippen LogP contribution >= 0.6 is 0 Å². The highest BCUT2D eigenvalue weighted by Gasteiger charge is 2.20.